The van der Waals surface area contributed by atoms with Gasteiger partial charge in [0.25, 0.3) is 0 Å². The molecule has 1 N–H and O–H groups in total. The average molecular weight is 295 g/mol. The number of nitrogens with one attached hydrogen (secondary N) is 1. The van der Waals surface area contributed by atoms with Gasteiger partial charge in [-0.25, -0.2) is 0 Å². The molecule has 3 aliphatic rings. The van der Waals surface area contributed by atoms with Crippen molar-refractivity contribution < 1.29 is 9.47 Å². The third kappa shape index (κ3) is 3.30. The zero-order chi connectivity index (χ0) is 14.8. The van der Waals surface area contributed by atoms with Crippen molar-refractivity contribution in [2.75, 3.05) is 26.4 Å². The first-order chi connectivity index (χ1) is 10.2. The molecule has 0 bridgehead atoms. The van der Waals surface area contributed by atoms with Crippen molar-refractivity contribution in [1.82, 2.24) is 5.32 Å². The Kier molecular flexibility index (Phi) is 4.92. The van der Waals surface area contributed by atoms with Crippen molar-refractivity contribution >= 4 is 0 Å². The lowest BCUT2D eigenvalue weighted by atomic mass is 9.69. The lowest BCUT2D eigenvalue weighted by Gasteiger charge is -2.46. The molecule has 1 saturated carbocycles. The van der Waals surface area contributed by atoms with E-state index < -0.39 is 0 Å². The summed E-state index contributed by atoms with van der Waals surface area (Å²) < 4.78 is 11.8. The molecule has 0 aromatic heterocycles. The number of hydrogen-bond donors (Lipinski definition) is 1. The normalized spacial score (nSPS) is 37.1. The molecule has 3 unspecified atom stereocenters. The summed E-state index contributed by atoms with van der Waals surface area (Å²) >= 11 is 0. The number of ether oxygens (including phenoxy) is 2. The first-order valence-corrected chi connectivity index (χ1v) is 9.13. The Morgan fingerprint density at radius 2 is 2.00 bits per heavy atom. The second-order valence-corrected chi connectivity index (χ2v) is 7.88. The van der Waals surface area contributed by atoms with Crippen LogP contribution in [0.1, 0.15) is 65.2 Å². The van der Waals surface area contributed by atoms with Crippen LogP contribution in [0, 0.1) is 11.3 Å². The van der Waals surface area contributed by atoms with Gasteiger partial charge in [0.2, 0.25) is 0 Å². The van der Waals surface area contributed by atoms with E-state index in [0.29, 0.717) is 11.5 Å². The zero-order valence-electron chi connectivity index (χ0n) is 14.0. The first kappa shape index (κ1) is 15.8. The molecule has 2 saturated heterocycles. The predicted molar refractivity (Wildman–Crippen MR) is 85.5 cm³/mol. The highest BCUT2D eigenvalue weighted by Gasteiger charge is 2.47. The molecule has 0 radical (unpaired) electrons. The van der Waals surface area contributed by atoms with Crippen molar-refractivity contribution in [3.63, 3.8) is 0 Å². The Bertz CT molecular complexity index is 332. The van der Waals surface area contributed by atoms with Crippen LogP contribution in [0.4, 0.5) is 0 Å². The van der Waals surface area contributed by atoms with Gasteiger partial charge >= 0.3 is 0 Å². The van der Waals surface area contributed by atoms with Crippen LogP contribution < -0.4 is 5.32 Å². The summed E-state index contributed by atoms with van der Waals surface area (Å²) in [6.45, 7) is 8.59. The molecule has 1 aliphatic carbocycles. The third-order valence-electron chi connectivity index (χ3n) is 6.18. The fourth-order valence-corrected chi connectivity index (χ4v) is 4.99. The van der Waals surface area contributed by atoms with Gasteiger partial charge in [0.15, 0.2) is 0 Å². The fourth-order valence-electron chi connectivity index (χ4n) is 4.99. The molecular formula is C18H33NO2. The van der Waals surface area contributed by atoms with Crippen molar-refractivity contribution in [3.8, 4) is 0 Å². The van der Waals surface area contributed by atoms with Gasteiger partial charge in [0.05, 0.1) is 12.2 Å². The van der Waals surface area contributed by atoms with Crippen LogP contribution in [0.5, 0.6) is 0 Å². The van der Waals surface area contributed by atoms with Gasteiger partial charge < -0.3 is 14.8 Å². The monoisotopic (exact) mass is 295 g/mol. The Balaban J connectivity index is 1.72. The van der Waals surface area contributed by atoms with Crippen LogP contribution in [-0.2, 0) is 9.47 Å². The van der Waals surface area contributed by atoms with Gasteiger partial charge in [-0.05, 0) is 50.0 Å². The molecule has 3 fully saturated rings. The number of rotatable bonds is 5. The zero-order valence-corrected chi connectivity index (χ0v) is 14.0. The highest BCUT2D eigenvalue weighted by atomic mass is 16.6. The Hall–Kier alpha value is -0.120. The average Bonchev–Trinajstić information content (AvgIpc) is 3.10. The van der Waals surface area contributed by atoms with Crippen LogP contribution in [0.25, 0.3) is 0 Å². The predicted octanol–water partition coefficient (Wildman–Crippen LogP) is 3.52. The summed E-state index contributed by atoms with van der Waals surface area (Å²) in [6, 6.07) is 0.668. The lowest BCUT2D eigenvalue weighted by molar-refractivity contribution is -0.109. The standard InChI is InChI=1S/C18H33NO2/c1-3-10-19-16(17(2)7-4-5-8-17)15-6-11-21-18(13-15)9-12-20-14-18/h15-16,19H,3-14H2,1-2H3. The minimum atomic E-state index is 0.0457. The van der Waals surface area contributed by atoms with Crippen molar-refractivity contribution in [3.05, 3.63) is 0 Å². The van der Waals surface area contributed by atoms with Gasteiger partial charge in [-0.15, -0.1) is 0 Å². The first-order valence-electron chi connectivity index (χ1n) is 9.13. The quantitative estimate of drug-likeness (QED) is 0.842. The van der Waals surface area contributed by atoms with E-state index in [1.54, 1.807) is 0 Å². The van der Waals surface area contributed by atoms with E-state index in [1.807, 2.05) is 0 Å². The molecule has 1 spiro atoms. The van der Waals surface area contributed by atoms with Gasteiger partial charge in [-0.1, -0.05) is 26.7 Å². The highest BCUT2D eigenvalue weighted by Crippen LogP contribution is 2.47. The second kappa shape index (κ2) is 6.55. The molecular weight excluding hydrogens is 262 g/mol. The molecule has 3 nitrogen and oxygen atoms in total. The smallest absolute Gasteiger partial charge is 0.0939 e. The molecule has 2 heterocycles. The summed E-state index contributed by atoms with van der Waals surface area (Å²) in [5.74, 6) is 0.759. The maximum absolute atomic E-state index is 6.15. The molecule has 0 aromatic rings. The van der Waals surface area contributed by atoms with Crippen LogP contribution in [-0.4, -0.2) is 38.0 Å². The minimum Gasteiger partial charge on any atom is -0.378 e. The van der Waals surface area contributed by atoms with E-state index in [0.717, 1.165) is 38.7 Å². The topological polar surface area (TPSA) is 30.5 Å². The van der Waals surface area contributed by atoms with E-state index in [4.69, 9.17) is 9.47 Å². The van der Waals surface area contributed by atoms with Crippen LogP contribution >= 0.6 is 0 Å². The van der Waals surface area contributed by atoms with Gasteiger partial charge in [0, 0.05) is 25.7 Å². The molecule has 122 valence electrons. The van der Waals surface area contributed by atoms with E-state index in [1.165, 1.54) is 44.9 Å². The Labute approximate surface area is 130 Å². The molecule has 3 atom stereocenters. The third-order valence-corrected chi connectivity index (χ3v) is 6.18. The van der Waals surface area contributed by atoms with Crippen molar-refractivity contribution in [2.45, 2.75) is 76.9 Å². The maximum Gasteiger partial charge on any atom is 0.0939 e. The van der Waals surface area contributed by atoms with Gasteiger partial charge in [-0.2, -0.15) is 0 Å². The number of hydrogen-bond acceptors (Lipinski definition) is 3. The molecule has 0 aromatic carbocycles. The van der Waals surface area contributed by atoms with Gasteiger partial charge in [-0.3, -0.25) is 0 Å². The summed E-state index contributed by atoms with van der Waals surface area (Å²) in [5.41, 5.74) is 0.544. The fraction of sp³-hybridized carbons (Fsp3) is 1.00. The molecule has 3 rings (SSSR count). The largest absolute Gasteiger partial charge is 0.378 e. The summed E-state index contributed by atoms with van der Waals surface area (Å²) in [5, 5.41) is 3.93. The minimum absolute atomic E-state index is 0.0457. The van der Waals surface area contributed by atoms with Crippen LogP contribution in [0.15, 0.2) is 0 Å². The SMILES string of the molecule is CCCNC(C1CCOC2(CCOC2)C1)C1(C)CCCC1. The van der Waals surface area contributed by atoms with Crippen LogP contribution in [0.2, 0.25) is 0 Å². The summed E-state index contributed by atoms with van der Waals surface area (Å²) in [7, 11) is 0. The highest BCUT2D eigenvalue weighted by molar-refractivity contribution is 5.00. The Morgan fingerprint density at radius 3 is 2.67 bits per heavy atom. The molecule has 2 aliphatic heterocycles. The van der Waals surface area contributed by atoms with Crippen molar-refractivity contribution in [1.29, 1.82) is 0 Å². The van der Waals surface area contributed by atoms with Crippen molar-refractivity contribution in [2.24, 2.45) is 11.3 Å². The second-order valence-electron chi connectivity index (χ2n) is 7.88. The summed E-state index contributed by atoms with van der Waals surface area (Å²) in [6.07, 6.45) is 10.4. The van der Waals surface area contributed by atoms with E-state index in [2.05, 4.69) is 19.2 Å². The molecule has 0 amide bonds. The molecule has 21 heavy (non-hydrogen) atoms. The maximum atomic E-state index is 6.15. The van der Waals surface area contributed by atoms with Gasteiger partial charge in [0.1, 0.15) is 0 Å². The molecule has 3 heteroatoms. The Morgan fingerprint density at radius 1 is 1.19 bits per heavy atom. The lowest BCUT2D eigenvalue weighted by Crippen LogP contribution is -2.53. The van der Waals surface area contributed by atoms with E-state index >= 15 is 0 Å². The van der Waals surface area contributed by atoms with E-state index in [9.17, 15) is 0 Å². The van der Waals surface area contributed by atoms with Crippen LogP contribution in [0.3, 0.4) is 0 Å². The summed E-state index contributed by atoms with van der Waals surface area (Å²) in [4.78, 5) is 0. The van der Waals surface area contributed by atoms with E-state index in [-0.39, 0.29) is 5.60 Å².